The van der Waals surface area contributed by atoms with Crippen LogP contribution in [0.2, 0.25) is 0 Å². The third-order valence-corrected chi connectivity index (χ3v) is 5.10. The van der Waals surface area contributed by atoms with E-state index in [4.69, 9.17) is 0 Å². The third-order valence-electron chi connectivity index (χ3n) is 5.10. The summed E-state index contributed by atoms with van der Waals surface area (Å²) in [5, 5.41) is 0. The van der Waals surface area contributed by atoms with E-state index in [1.165, 1.54) is 11.1 Å². The van der Waals surface area contributed by atoms with E-state index in [1.807, 2.05) is 16.7 Å². The van der Waals surface area contributed by atoms with Crippen LogP contribution in [0, 0.1) is 0 Å². The highest BCUT2D eigenvalue weighted by Gasteiger charge is 2.30. The first-order valence-electron chi connectivity index (χ1n) is 8.41. The van der Waals surface area contributed by atoms with Gasteiger partial charge in [0.05, 0.1) is 6.04 Å². The Hall–Kier alpha value is -1.88. The molecule has 0 spiro atoms. The second-order valence-corrected chi connectivity index (χ2v) is 6.50. The quantitative estimate of drug-likeness (QED) is 0.821. The lowest BCUT2D eigenvalue weighted by Crippen LogP contribution is -2.55. The maximum absolute atomic E-state index is 12.8. The molecule has 2 amide bonds. The molecule has 1 aromatic rings. The molecule has 23 heavy (non-hydrogen) atoms. The minimum absolute atomic E-state index is 0.0952. The van der Waals surface area contributed by atoms with Crippen LogP contribution in [0.4, 0.5) is 0 Å². The molecule has 0 bridgehead atoms. The van der Waals surface area contributed by atoms with E-state index in [0.717, 1.165) is 19.5 Å². The molecule has 5 heteroatoms. The van der Waals surface area contributed by atoms with Crippen molar-refractivity contribution in [1.29, 1.82) is 0 Å². The Kier molecular flexibility index (Phi) is 4.66. The average Bonchev–Trinajstić information content (AvgIpc) is 2.60. The fraction of sp³-hybridized carbons (Fsp3) is 0.556. The summed E-state index contributed by atoms with van der Waals surface area (Å²) in [6, 6.07) is 8.38. The van der Waals surface area contributed by atoms with Crippen LogP contribution in [0.1, 0.15) is 25.0 Å². The SMILES string of the molecule is CC(=O)N1CCN(C(=O)C(C)N2CCc3ccccc3C2)CC1. The molecule has 5 nitrogen and oxygen atoms in total. The maximum Gasteiger partial charge on any atom is 0.239 e. The van der Waals surface area contributed by atoms with Crippen LogP contribution in [-0.2, 0) is 22.6 Å². The van der Waals surface area contributed by atoms with Gasteiger partial charge in [0.15, 0.2) is 0 Å². The molecule has 0 aromatic heterocycles. The second-order valence-electron chi connectivity index (χ2n) is 6.50. The van der Waals surface area contributed by atoms with Crippen molar-refractivity contribution in [3.05, 3.63) is 35.4 Å². The zero-order chi connectivity index (χ0) is 16.4. The zero-order valence-electron chi connectivity index (χ0n) is 14.0. The van der Waals surface area contributed by atoms with E-state index in [-0.39, 0.29) is 17.9 Å². The van der Waals surface area contributed by atoms with Gasteiger partial charge in [-0.25, -0.2) is 0 Å². The molecule has 0 N–H and O–H groups in total. The second kappa shape index (κ2) is 6.71. The van der Waals surface area contributed by atoms with E-state index < -0.39 is 0 Å². The predicted molar refractivity (Wildman–Crippen MR) is 88.9 cm³/mol. The summed E-state index contributed by atoms with van der Waals surface area (Å²) in [7, 11) is 0. The van der Waals surface area contributed by atoms with Crippen LogP contribution in [0.3, 0.4) is 0 Å². The topological polar surface area (TPSA) is 43.9 Å². The van der Waals surface area contributed by atoms with E-state index in [2.05, 4.69) is 29.2 Å². The molecular formula is C18H25N3O2. The molecule has 124 valence electrons. The first-order chi connectivity index (χ1) is 11.1. The first-order valence-corrected chi connectivity index (χ1v) is 8.41. The lowest BCUT2D eigenvalue weighted by molar-refractivity contribution is -0.142. The van der Waals surface area contributed by atoms with Crippen molar-refractivity contribution in [3.63, 3.8) is 0 Å². The van der Waals surface area contributed by atoms with Gasteiger partial charge in [0.2, 0.25) is 11.8 Å². The van der Waals surface area contributed by atoms with Crippen molar-refractivity contribution < 1.29 is 9.59 Å². The number of amides is 2. The molecule has 2 heterocycles. The lowest BCUT2D eigenvalue weighted by Gasteiger charge is -2.39. The average molecular weight is 315 g/mol. The van der Waals surface area contributed by atoms with Crippen LogP contribution in [0.15, 0.2) is 24.3 Å². The van der Waals surface area contributed by atoms with Crippen molar-refractivity contribution in [2.24, 2.45) is 0 Å². The molecule has 2 aliphatic rings. The molecule has 0 saturated carbocycles. The number of nitrogens with zero attached hydrogens (tertiary/aromatic N) is 3. The fourth-order valence-corrected chi connectivity index (χ4v) is 3.51. The van der Waals surface area contributed by atoms with Crippen LogP contribution in [0.5, 0.6) is 0 Å². The molecule has 1 saturated heterocycles. The summed E-state index contributed by atoms with van der Waals surface area (Å²) >= 11 is 0. The summed E-state index contributed by atoms with van der Waals surface area (Å²) in [6.07, 6.45) is 1.01. The highest BCUT2D eigenvalue weighted by Crippen LogP contribution is 2.21. The van der Waals surface area contributed by atoms with Gasteiger partial charge < -0.3 is 9.80 Å². The van der Waals surface area contributed by atoms with Gasteiger partial charge in [-0.2, -0.15) is 0 Å². The molecule has 1 aromatic carbocycles. The smallest absolute Gasteiger partial charge is 0.239 e. The van der Waals surface area contributed by atoms with Crippen LogP contribution >= 0.6 is 0 Å². The monoisotopic (exact) mass is 315 g/mol. The highest BCUT2D eigenvalue weighted by molar-refractivity contribution is 5.82. The van der Waals surface area contributed by atoms with Gasteiger partial charge in [0.1, 0.15) is 0 Å². The number of hydrogen-bond donors (Lipinski definition) is 0. The minimum atomic E-state index is -0.104. The molecule has 1 unspecified atom stereocenters. The Labute approximate surface area is 137 Å². The summed E-state index contributed by atoms with van der Waals surface area (Å²) in [5.41, 5.74) is 2.73. The molecule has 1 atom stereocenters. The van der Waals surface area contributed by atoms with Gasteiger partial charge in [-0.1, -0.05) is 24.3 Å². The summed E-state index contributed by atoms with van der Waals surface area (Å²) in [4.78, 5) is 30.1. The first kappa shape index (κ1) is 16.0. The number of hydrogen-bond acceptors (Lipinski definition) is 3. The van der Waals surface area contributed by atoms with E-state index in [0.29, 0.717) is 26.2 Å². The van der Waals surface area contributed by atoms with Gasteiger partial charge in [0.25, 0.3) is 0 Å². The van der Waals surface area contributed by atoms with E-state index >= 15 is 0 Å². The maximum atomic E-state index is 12.8. The summed E-state index contributed by atoms with van der Waals surface area (Å²) in [6.45, 7) is 7.96. The largest absolute Gasteiger partial charge is 0.339 e. The third kappa shape index (κ3) is 3.39. The van der Waals surface area contributed by atoms with Crippen molar-refractivity contribution >= 4 is 11.8 Å². The van der Waals surface area contributed by atoms with Crippen molar-refractivity contribution in [2.75, 3.05) is 32.7 Å². The minimum Gasteiger partial charge on any atom is -0.339 e. The van der Waals surface area contributed by atoms with E-state index in [9.17, 15) is 9.59 Å². The highest BCUT2D eigenvalue weighted by atomic mass is 16.2. The van der Waals surface area contributed by atoms with E-state index in [1.54, 1.807) is 6.92 Å². The van der Waals surface area contributed by atoms with Gasteiger partial charge in [-0.05, 0) is 24.5 Å². The predicted octanol–water partition coefficient (Wildman–Crippen LogP) is 1.12. The number of carbonyl (C=O) groups is 2. The summed E-state index contributed by atoms with van der Waals surface area (Å²) < 4.78 is 0. The van der Waals surface area contributed by atoms with Crippen molar-refractivity contribution in [1.82, 2.24) is 14.7 Å². The number of benzene rings is 1. The Morgan fingerprint density at radius 3 is 2.22 bits per heavy atom. The van der Waals surface area contributed by atoms with Crippen LogP contribution in [0.25, 0.3) is 0 Å². The number of carbonyl (C=O) groups excluding carboxylic acids is 2. The van der Waals surface area contributed by atoms with Gasteiger partial charge in [-0.15, -0.1) is 0 Å². The standard InChI is InChI=1S/C18H25N3O2/c1-14(18(23)20-11-9-19(10-12-20)15(2)22)21-8-7-16-5-3-4-6-17(16)13-21/h3-6,14H,7-13H2,1-2H3. The van der Waals surface area contributed by atoms with Gasteiger partial charge >= 0.3 is 0 Å². The summed E-state index contributed by atoms with van der Waals surface area (Å²) in [5.74, 6) is 0.283. The number of fused-ring (bicyclic) bond motifs is 1. The number of piperazine rings is 1. The molecular weight excluding hydrogens is 290 g/mol. The molecule has 0 radical (unpaired) electrons. The fourth-order valence-electron chi connectivity index (χ4n) is 3.51. The van der Waals surface area contributed by atoms with Crippen molar-refractivity contribution in [3.8, 4) is 0 Å². The Morgan fingerprint density at radius 1 is 0.957 bits per heavy atom. The lowest BCUT2D eigenvalue weighted by atomic mass is 9.98. The van der Waals surface area contributed by atoms with Gasteiger partial charge in [-0.3, -0.25) is 14.5 Å². The number of rotatable bonds is 2. The Morgan fingerprint density at radius 2 is 1.57 bits per heavy atom. The molecule has 1 fully saturated rings. The van der Waals surface area contributed by atoms with Crippen LogP contribution in [-0.4, -0.2) is 65.3 Å². The molecule has 0 aliphatic carbocycles. The Bertz CT molecular complexity index is 594. The van der Waals surface area contributed by atoms with Crippen LogP contribution < -0.4 is 0 Å². The molecule has 3 rings (SSSR count). The normalized spacial score (nSPS) is 20.1. The zero-order valence-corrected chi connectivity index (χ0v) is 14.0. The molecule has 2 aliphatic heterocycles. The Balaban J connectivity index is 1.59. The van der Waals surface area contributed by atoms with Gasteiger partial charge in [0, 0.05) is 46.2 Å². The van der Waals surface area contributed by atoms with Crippen molar-refractivity contribution in [2.45, 2.75) is 32.9 Å².